The van der Waals surface area contributed by atoms with Gasteiger partial charge in [0.15, 0.2) is 0 Å². The van der Waals surface area contributed by atoms with E-state index in [9.17, 15) is 18.0 Å². The van der Waals surface area contributed by atoms with Gasteiger partial charge in [-0.1, -0.05) is 6.07 Å². The molecule has 0 spiro atoms. The van der Waals surface area contributed by atoms with Crippen molar-refractivity contribution in [3.8, 4) is 0 Å². The minimum Gasteiger partial charge on any atom is -0.370 e. The molecule has 0 unspecified atom stereocenters. The highest BCUT2D eigenvalue weighted by Crippen LogP contribution is 2.33. The van der Waals surface area contributed by atoms with Crippen molar-refractivity contribution in [2.75, 3.05) is 51.2 Å². The summed E-state index contributed by atoms with van der Waals surface area (Å²) in [6.45, 7) is 6.02. The van der Waals surface area contributed by atoms with Crippen molar-refractivity contribution < 1.29 is 13.2 Å². The topological polar surface area (TPSA) is 44.6 Å². The molecule has 10 heteroatoms. The molecule has 34 heavy (non-hydrogen) atoms. The van der Waals surface area contributed by atoms with Crippen LogP contribution in [0.15, 0.2) is 35.4 Å². The van der Waals surface area contributed by atoms with Gasteiger partial charge in [0.05, 0.1) is 17.3 Å². The van der Waals surface area contributed by atoms with E-state index in [4.69, 9.17) is 0 Å². The van der Waals surface area contributed by atoms with Crippen molar-refractivity contribution >= 4 is 27.2 Å². The SMILES string of the molecule is CN1CCc2c(sc3ncn(CCN4CCCN(c5cccc(C(F)(F)F)c5)CC4)c(=O)c23)C1. The molecule has 0 N–H and O–H groups in total. The first-order valence-corrected chi connectivity index (χ1v) is 12.4. The first-order valence-electron chi connectivity index (χ1n) is 11.6. The summed E-state index contributed by atoms with van der Waals surface area (Å²) in [5, 5.41) is 0.780. The maximum atomic E-state index is 13.2. The Morgan fingerprint density at radius 3 is 2.76 bits per heavy atom. The molecule has 1 fully saturated rings. The molecule has 2 aromatic heterocycles. The maximum Gasteiger partial charge on any atom is 0.416 e. The van der Waals surface area contributed by atoms with E-state index in [2.05, 4.69) is 21.8 Å². The Hall–Kier alpha value is -2.43. The number of hydrogen-bond donors (Lipinski definition) is 0. The molecule has 3 aromatic rings. The Balaban J connectivity index is 1.25. The van der Waals surface area contributed by atoms with Gasteiger partial charge in [-0.25, -0.2) is 4.98 Å². The van der Waals surface area contributed by atoms with Gasteiger partial charge in [-0.05, 0) is 50.2 Å². The lowest BCUT2D eigenvalue weighted by Gasteiger charge is -2.24. The van der Waals surface area contributed by atoms with Crippen LogP contribution in [0.4, 0.5) is 18.9 Å². The number of rotatable bonds is 4. The van der Waals surface area contributed by atoms with Crippen LogP contribution >= 0.6 is 11.3 Å². The normalized spacial score (nSPS) is 18.3. The van der Waals surface area contributed by atoms with Crippen molar-refractivity contribution in [3.63, 3.8) is 0 Å². The molecule has 4 heterocycles. The van der Waals surface area contributed by atoms with Crippen LogP contribution in [-0.2, 0) is 25.7 Å². The predicted octanol–water partition coefficient (Wildman–Crippen LogP) is 3.68. The fraction of sp³-hybridized carbons (Fsp3) is 0.500. The van der Waals surface area contributed by atoms with E-state index in [1.165, 1.54) is 17.0 Å². The molecular weight excluding hydrogens is 463 g/mol. The fourth-order valence-electron chi connectivity index (χ4n) is 4.89. The van der Waals surface area contributed by atoms with Crippen molar-refractivity contribution in [1.82, 2.24) is 19.4 Å². The van der Waals surface area contributed by atoms with Crippen molar-refractivity contribution in [2.45, 2.75) is 32.1 Å². The number of anilines is 1. The van der Waals surface area contributed by atoms with Gasteiger partial charge in [-0.2, -0.15) is 13.2 Å². The van der Waals surface area contributed by atoms with Crippen LogP contribution in [0.3, 0.4) is 0 Å². The fourth-order valence-corrected chi connectivity index (χ4v) is 6.14. The summed E-state index contributed by atoms with van der Waals surface area (Å²) < 4.78 is 41.0. The van der Waals surface area contributed by atoms with E-state index < -0.39 is 11.7 Å². The number of thiophene rings is 1. The molecule has 2 aliphatic heterocycles. The summed E-state index contributed by atoms with van der Waals surface area (Å²) in [4.78, 5) is 26.4. The van der Waals surface area contributed by atoms with Crippen LogP contribution in [-0.4, -0.2) is 65.7 Å². The second kappa shape index (κ2) is 9.31. The Bertz CT molecular complexity index is 1240. The molecule has 0 saturated carbocycles. The standard InChI is InChI=1S/C24H28F3N5OS/c1-29-9-6-19-20(15-29)34-22-21(19)23(33)32(16-28-22)13-11-30-7-3-8-31(12-10-30)18-5-2-4-17(14-18)24(25,26)27/h2,4-5,14,16H,3,6-13,15H2,1H3. The summed E-state index contributed by atoms with van der Waals surface area (Å²) in [7, 11) is 2.09. The van der Waals surface area contributed by atoms with Gasteiger partial charge >= 0.3 is 6.18 Å². The lowest BCUT2D eigenvalue weighted by atomic mass is 10.1. The van der Waals surface area contributed by atoms with Crippen LogP contribution in [0.5, 0.6) is 0 Å². The largest absolute Gasteiger partial charge is 0.416 e. The van der Waals surface area contributed by atoms with Gasteiger partial charge in [0, 0.05) is 56.4 Å². The van der Waals surface area contributed by atoms with Crippen molar-refractivity contribution in [3.05, 3.63) is 57.0 Å². The van der Waals surface area contributed by atoms with Gasteiger partial charge in [0.2, 0.25) is 0 Å². The smallest absolute Gasteiger partial charge is 0.370 e. The van der Waals surface area contributed by atoms with Gasteiger partial charge in [-0.15, -0.1) is 11.3 Å². The molecule has 182 valence electrons. The molecule has 0 aliphatic carbocycles. The molecule has 0 amide bonds. The predicted molar refractivity (Wildman–Crippen MR) is 129 cm³/mol. The van der Waals surface area contributed by atoms with Crippen molar-refractivity contribution in [1.29, 1.82) is 0 Å². The van der Waals surface area contributed by atoms with E-state index in [0.717, 1.165) is 60.9 Å². The third kappa shape index (κ3) is 4.71. The van der Waals surface area contributed by atoms with Gasteiger partial charge in [0.1, 0.15) is 4.83 Å². The number of alkyl halides is 3. The summed E-state index contributed by atoms with van der Waals surface area (Å²) in [6, 6.07) is 5.55. The number of hydrogen-bond acceptors (Lipinski definition) is 6. The van der Waals surface area contributed by atoms with Crippen LogP contribution in [0.2, 0.25) is 0 Å². The zero-order valence-electron chi connectivity index (χ0n) is 19.1. The summed E-state index contributed by atoms with van der Waals surface area (Å²) in [6.07, 6.45) is -0.949. The van der Waals surface area contributed by atoms with Gasteiger partial charge < -0.3 is 9.80 Å². The molecule has 2 aliphatic rings. The Morgan fingerprint density at radius 1 is 1.09 bits per heavy atom. The molecule has 0 bridgehead atoms. The first kappa shape index (κ1) is 23.3. The molecular formula is C24H28F3N5OS. The Labute approximate surface area is 200 Å². The average Bonchev–Trinajstić information content (AvgIpc) is 3.00. The Kier molecular flexibility index (Phi) is 6.39. The van der Waals surface area contributed by atoms with Crippen molar-refractivity contribution in [2.24, 2.45) is 0 Å². The second-order valence-electron chi connectivity index (χ2n) is 9.15. The quantitative estimate of drug-likeness (QED) is 0.557. The minimum absolute atomic E-state index is 0.0347. The monoisotopic (exact) mass is 491 g/mol. The summed E-state index contributed by atoms with van der Waals surface area (Å²) in [5.41, 5.74) is 1.19. The molecule has 0 radical (unpaired) electrons. The second-order valence-corrected chi connectivity index (χ2v) is 10.2. The van der Waals surface area contributed by atoms with E-state index in [-0.39, 0.29) is 5.56 Å². The highest BCUT2D eigenvalue weighted by atomic mass is 32.1. The van der Waals surface area contributed by atoms with Crippen LogP contribution in [0.25, 0.3) is 10.2 Å². The number of fused-ring (bicyclic) bond motifs is 3. The molecule has 1 aromatic carbocycles. The highest BCUT2D eigenvalue weighted by molar-refractivity contribution is 7.18. The lowest BCUT2D eigenvalue weighted by molar-refractivity contribution is -0.137. The van der Waals surface area contributed by atoms with E-state index in [0.29, 0.717) is 31.9 Å². The lowest BCUT2D eigenvalue weighted by Crippen LogP contribution is -2.34. The maximum absolute atomic E-state index is 13.2. The molecule has 6 nitrogen and oxygen atoms in total. The van der Waals surface area contributed by atoms with Crippen LogP contribution < -0.4 is 10.5 Å². The number of nitrogens with zero attached hydrogens (tertiary/aromatic N) is 5. The number of halogens is 3. The van der Waals surface area contributed by atoms with Gasteiger partial charge in [0.25, 0.3) is 5.56 Å². The van der Waals surface area contributed by atoms with E-state index in [1.54, 1.807) is 28.3 Å². The number of likely N-dealkylation sites (N-methyl/N-ethyl adjacent to an activating group) is 1. The average molecular weight is 492 g/mol. The molecule has 5 rings (SSSR count). The zero-order valence-corrected chi connectivity index (χ0v) is 20.0. The van der Waals surface area contributed by atoms with Crippen LogP contribution in [0.1, 0.15) is 22.4 Å². The Morgan fingerprint density at radius 2 is 1.94 bits per heavy atom. The van der Waals surface area contributed by atoms with Gasteiger partial charge in [-0.3, -0.25) is 14.3 Å². The third-order valence-corrected chi connectivity index (χ3v) is 7.93. The third-order valence-electron chi connectivity index (χ3n) is 6.80. The molecule has 1 saturated heterocycles. The number of benzene rings is 1. The van der Waals surface area contributed by atoms with Crippen LogP contribution in [0, 0.1) is 0 Å². The van der Waals surface area contributed by atoms with E-state index >= 15 is 0 Å². The summed E-state index contributed by atoms with van der Waals surface area (Å²) in [5.74, 6) is 0. The first-order chi connectivity index (χ1) is 16.3. The minimum atomic E-state index is -4.34. The summed E-state index contributed by atoms with van der Waals surface area (Å²) >= 11 is 1.62. The van der Waals surface area contributed by atoms with E-state index in [1.807, 2.05) is 4.90 Å². The zero-order chi connectivity index (χ0) is 23.9. The molecule has 0 atom stereocenters. The number of aromatic nitrogens is 2. The highest BCUT2D eigenvalue weighted by Gasteiger charge is 2.31.